The first-order valence-electron chi connectivity index (χ1n) is 4.65. The van der Waals surface area contributed by atoms with Crippen molar-refractivity contribution in [3.63, 3.8) is 0 Å². The molecule has 0 saturated carbocycles. The predicted molar refractivity (Wildman–Crippen MR) is 52.4 cm³/mol. The minimum atomic E-state index is -0.0118. The van der Waals surface area contributed by atoms with E-state index in [1.807, 2.05) is 0 Å². The highest BCUT2D eigenvalue weighted by Gasteiger charge is 2.07. The Kier molecular flexibility index (Phi) is 4.92. The van der Waals surface area contributed by atoms with Gasteiger partial charge in [-0.15, -0.1) is 0 Å². The molecule has 0 spiro atoms. The van der Waals surface area contributed by atoms with Gasteiger partial charge in [0.2, 0.25) is 0 Å². The second-order valence-corrected chi connectivity index (χ2v) is 3.06. The smallest absolute Gasteiger partial charge is 0.166 e. The molecule has 0 aliphatic carbocycles. The number of hydrogen-bond donors (Lipinski definition) is 0. The van der Waals surface area contributed by atoms with Crippen LogP contribution in [0.4, 0.5) is 0 Å². The number of carbonyl (C=O) groups is 1. The molecule has 0 unspecified atom stereocenters. The summed E-state index contributed by atoms with van der Waals surface area (Å²) in [4.78, 5) is 15.3. The fourth-order valence-corrected chi connectivity index (χ4v) is 1.04. The van der Waals surface area contributed by atoms with Crippen molar-refractivity contribution < 1.29 is 14.3 Å². The molecule has 0 radical (unpaired) electrons. The summed E-state index contributed by atoms with van der Waals surface area (Å²) < 4.78 is 11.5. The zero-order valence-electron chi connectivity index (χ0n) is 8.97. The van der Waals surface area contributed by atoms with E-state index in [9.17, 15) is 4.79 Å². The standard InChI is InChI=1S/C9H15N3O3/c1-12-9(10-7-11-12)5-8(13)6-15-4-3-14-2/h7H,3-6H2,1-2H3. The van der Waals surface area contributed by atoms with E-state index < -0.39 is 0 Å². The number of nitrogens with zero attached hydrogens (tertiary/aromatic N) is 3. The first kappa shape index (κ1) is 11.8. The Bertz CT molecular complexity index is 311. The van der Waals surface area contributed by atoms with Crippen LogP contribution in [0.5, 0.6) is 0 Å². The van der Waals surface area contributed by atoms with Crippen LogP contribution in [0.1, 0.15) is 5.82 Å². The van der Waals surface area contributed by atoms with E-state index in [0.717, 1.165) is 0 Å². The van der Waals surface area contributed by atoms with Crippen LogP contribution >= 0.6 is 0 Å². The van der Waals surface area contributed by atoms with Gasteiger partial charge in [0, 0.05) is 14.2 Å². The minimum Gasteiger partial charge on any atom is -0.382 e. The molecule has 6 nitrogen and oxygen atoms in total. The summed E-state index contributed by atoms with van der Waals surface area (Å²) >= 11 is 0. The average Bonchev–Trinajstić information content (AvgIpc) is 2.59. The second-order valence-electron chi connectivity index (χ2n) is 3.06. The van der Waals surface area contributed by atoms with Gasteiger partial charge in [0.15, 0.2) is 5.78 Å². The van der Waals surface area contributed by atoms with Gasteiger partial charge >= 0.3 is 0 Å². The van der Waals surface area contributed by atoms with Crippen molar-refractivity contribution >= 4 is 5.78 Å². The number of ether oxygens (including phenoxy) is 2. The minimum absolute atomic E-state index is 0.0118. The van der Waals surface area contributed by atoms with E-state index >= 15 is 0 Å². The van der Waals surface area contributed by atoms with Crippen molar-refractivity contribution in [2.24, 2.45) is 7.05 Å². The van der Waals surface area contributed by atoms with Crippen LogP contribution in [0, 0.1) is 0 Å². The molecule has 1 heterocycles. The monoisotopic (exact) mass is 213 g/mol. The molecule has 0 bridgehead atoms. The molecule has 0 saturated heterocycles. The fraction of sp³-hybridized carbons (Fsp3) is 0.667. The molecule has 0 N–H and O–H groups in total. The summed E-state index contributed by atoms with van der Waals surface area (Å²) in [7, 11) is 3.34. The van der Waals surface area contributed by atoms with Crippen LogP contribution in [0.2, 0.25) is 0 Å². The van der Waals surface area contributed by atoms with Gasteiger partial charge in [0.25, 0.3) is 0 Å². The zero-order valence-corrected chi connectivity index (χ0v) is 8.97. The maximum Gasteiger partial charge on any atom is 0.166 e. The summed E-state index contributed by atoms with van der Waals surface area (Å²) in [5.74, 6) is 0.637. The molecule has 1 aromatic rings. The SMILES string of the molecule is COCCOCC(=O)Cc1ncnn1C. The van der Waals surface area contributed by atoms with E-state index in [1.54, 1.807) is 18.8 Å². The van der Waals surface area contributed by atoms with Crippen LogP contribution in [-0.2, 0) is 27.7 Å². The van der Waals surface area contributed by atoms with Crippen LogP contribution in [0.3, 0.4) is 0 Å². The van der Waals surface area contributed by atoms with Crippen LogP contribution in [0.15, 0.2) is 6.33 Å². The Balaban J connectivity index is 2.22. The van der Waals surface area contributed by atoms with Crippen LogP contribution in [0.25, 0.3) is 0 Å². The van der Waals surface area contributed by atoms with Crippen molar-refractivity contribution in [2.75, 3.05) is 26.9 Å². The molecule has 0 aliphatic heterocycles. The summed E-state index contributed by atoms with van der Waals surface area (Å²) in [6, 6.07) is 0. The third-order valence-electron chi connectivity index (χ3n) is 1.86. The predicted octanol–water partition coefficient (Wildman–Crippen LogP) is -0.410. The van der Waals surface area contributed by atoms with Crippen molar-refractivity contribution in [2.45, 2.75) is 6.42 Å². The quantitative estimate of drug-likeness (QED) is 0.576. The van der Waals surface area contributed by atoms with E-state index in [2.05, 4.69) is 10.1 Å². The Morgan fingerprint density at radius 1 is 1.53 bits per heavy atom. The van der Waals surface area contributed by atoms with Gasteiger partial charge in [-0.2, -0.15) is 5.10 Å². The van der Waals surface area contributed by atoms with E-state index in [-0.39, 0.29) is 18.8 Å². The third kappa shape index (κ3) is 4.18. The third-order valence-corrected chi connectivity index (χ3v) is 1.86. The summed E-state index contributed by atoms with van der Waals surface area (Å²) in [5, 5.41) is 3.87. The molecule has 0 amide bonds. The Morgan fingerprint density at radius 3 is 2.93 bits per heavy atom. The topological polar surface area (TPSA) is 66.2 Å². The lowest BCUT2D eigenvalue weighted by atomic mass is 10.3. The maximum atomic E-state index is 11.4. The van der Waals surface area contributed by atoms with Crippen molar-refractivity contribution in [1.29, 1.82) is 0 Å². The Labute approximate surface area is 88.2 Å². The van der Waals surface area contributed by atoms with Crippen LogP contribution < -0.4 is 0 Å². The molecular formula is C9H15N3O3. The molecule has 0 aromatic carbocycles. The summed E-state index contributed by atoms with van der Waals surface area (Å²) in [6.07, 6.45) is 1.68. The normalized spacial score (nSPS) is 10.5. The molecule has 0 atom stereocenters. The molecule has 1 rings (SSSR count). The molecule has 15 heavy (non-hydrogen) atoms. The molecule has 0 aliphatic rings. The van der Waals surface area contributed by atoms with Crippen molar-refractivity contribution in [1.82, 2.24) is 14.8 Å². The van der Waals surface area contributed by atoms with Gasteiger partial charge in [-0.05, 0) is 0 Å². The Morgan fingerprint density at radius 2 is 2.33 bits per heavy atom. The molecule has 0 fully saturated rings. The second kappa shape index (κ2) is 6.26. The number of aromatic nitrogens is 3. The lowest BCUT2D eigenvalue weighted by Gasteiger charge is -2.02. The molecule has 84 valence electrons. The van der Waals surface area contributed by atoms with Gasteiger partial charge in [0.1, 0.15) is 18.8 Å². The Hall–Kier alpha value is -1.27. The molecule has 1 aromatic heterocycles. The van der Waals surface area contributed by atoms with E-state index in [4.69, 9.17) is 9.47 Å². The lowest BCUT2D eigenvalue weighted by Crippen LogP contribution is -2.16. The first-order chi connectivity index (χ1) is 7.24. The first-order valence-corrected chi connectivity index (χ1v) is 4.65. The number of ketones is 1. The number of methoxy groups -OCH3 is 1. The van der Waals surface area contributed by atoms with Crippen molar-refractivity contribution in [3.05, 3.63) is 12.2 Å². The van der Waals surface area contributed by atoms with Gasteiger partial charge in [-0.3, -0.25) is 9.48 Å². The van der Waals surface area contributed by atoms with Crippen molar-refractivity contribution in [3.8, 4) is 0 Å². The maximum absolute atomic E-state index is 11.4. The molecular weight excluding hydrogens is 198 g/mol. The highest BCUT2D eigenvalue weighted by atomic mass is 16.5. The summed E-state index contributed by atoms with van der Waals surface area (Å²) in [6.45, 7) is 1.02. The van der Waals surface area contributed by atoms with Gasteiger partial charge < -0.3 is 9.47 Å². The number of Topliss-reactive ketones (excluding diaryl/α,β-unsaturated/α-hetero) is 1. The number of rotatable bonds is 7. The molecule has 6 heteroatoms. The number of aryl methyl sites for hydroxylation is 1. The largest absolute Gasteiger partial charge is 0.382 e. The number of carbonyl (C=O) groups excluding carboxylic acids is 1. The lowest BCUT2D eigenvalue weighted by molar-refractivity contribution is -0.123. The van der Waals surface area contributed by atoms with E-state index in [0.29, 0.717) is 19.0 Å². The van der Waals surface area contributed by atoms with Gasteiger partial charge in [0.05, 0.1) is 19.6 Å². The highest BCUT2D eigenvalue weighted by Crippen LogP contribution is 1.94. The van der Waals surface area contributed by atoms with Crippen LogP contribution in [-0.4, -0.2) is 47.5 Å². The fourth-order valence-electron chi connectivity index (χ4n) is 1.04. The summed E-state index contributed by atoms with van der Waals surface area (Å²) in [5.41, 5.74) is 0. The van der Waals surface area contributed by atoms with Gasteiger partial charge in [-0.25, -0.2) is 4.98 Å². The average molecular weight is 213 g/mol. The van der Waals surface area contributed by atoms with E-state index in [1.165, 1.54) is 6.33 Å². The zero-order chi connectivity index (χ0) is 11.1. The highest BCUT2D eigenvalue weighted by molar-refractivity contribution is 5.81. The number of hydrogen-bond acceptors (Lipinski definition) is 5. The van der Waals surface area contributed by atoms with Gasteiger partial charge in [-0.1, -0.05) is 0 Å².